The van der Waals surface area contributed by atoms with Crippen molar-refractivity contribution in [3.8, 4) is 0 Å². The van der Waals surface area contributed by atoms with Gasteiger partial charge in [0.25, 0.3) is 5.91 Å². The molecule has 2 rings (SSSR count). The molecule has 0 aliphatic heterocycles. The average molecular weight is 381 g/mol. The van der Waals surface area contributed by atoms with Crippen LogP contribution in [0.15, 0.2) is 52.4 Å². The highest BCUT2D eigenvalue weighted by atomic mass is 35.5. The molecule has 2 aromatic carbocycles. The number of nitrogens with one attached hydrogen (secondary N) is 1. The number of aliphatic imine (C=N–C) groups is 1. The minimum atomic E-state index is -3.58. The number of guanidine groups is 1. The second-order valence-corrected chi connectivity index (χ2v) is 7.73. The largest absolute Gasteiger partial charge is 0.380 e. The molecule has 132 valence electrons. The Hall–Kier alpha value is -2.58. The average Bonchev–Trinajstić information content (AvgIpc) is 2.52. The van der Waals surface area contributed by atoms with Crippen LogP contribution in [0.1, 0.15) is 15.9 Å². The second-order valence-electron chi connectivity index (χ2n) is 5.30. The summed E-state index contributed by atoms with van der Waals surface area (Å²) in [6.07, 6.45) is 1.06. The molecule has 0 heterocycles. The summed E-state index contributed by atoms with van der Waals surface area (Å²) in [6.45, 7) is 0.390. The van der Waals surface area contributed by atoms with Crippen molar-refractivity contribution in [3.05, 3.63) is 58.6 Å². The predicted molar refractivity (Wildman–Crippen MR) is 98.5 cm³/mol. The number of anilines is 1. The number of hydrogen-bond acceptors (Lipinski definition) is 4. The first kappa shape index (κ1) is 18.8. The number of nitrogens with zero attached hydrogens (tertiary/aromatic N) is 1. The number of sulfone groups is 1. The monoisotopic (exact) mass is 380 g/mol. The van der Waals surface area contributed by atoms with Gasteiger partial charge in [-0.1, -0.05) is 23.7 Å². The van der Waals surface area contributed by atoms with Crippen LogP contribution >= 0.6 is 11.6 Å². The number of carbonyl (C=O) groups is 1. The molecule has 0 aromatic heterocycles. The summed E-state index contributed by atoms with van der Waals surface area (Å²) in [5.74, 6) is -1.11. The molecule has 0 unspecified atom stereocenters. The molecule has 0 radical (unpaired) electrons. The normalized spacial score (nSPS) is 11.0. The molecule has 0 saturated heterocycles. The van der Waals surface area contributed by atoms with E-state index < -0.39 is 21.7 Å². The van der Waals surface area contributed by atoms with Crippen LogP contribution in [0.2, 0.25) is 5.02 Å². The van der Waals surface area contributed by atoms with E-state index in [9.17, 15) is 13.2 Å². The Morgan fingerprint density at radius 1 is 1.16 bits per heavy atom. The van der Waals surface area contributed by atoms with Gasteiger partial charge < -0.3 is 16.8 Å². The predicted octanol–water partition coefficient (Wildman–Crippen LogP) is 1.77. The number of benzene rings is 2. The fourth-order valence-electron chi connectivity index (χ4n) is 2.09. The summed E-state index contributed by atoms with van der Waals surface area (Å²) in [6, 6.07) is 11.3. The van der Waals surface area contributed by atoms with Gasteiger partial charge in [-0.2, -0.15) is 4.99 Å². The molecule has 0 spiro atoms. The van der Waals surface area contributed by atoms with E-state index in [1.54, 1.807) is 12.1 Å². The standard InChI is InChI=1S/C16H17ClN4O3S/c1-25(23,24)14-8-11(15(22)21-16(18)19)4-7-13(14)20-9-10-2-5-12(17)6-3-10/h2-8,20H,9H2,1H3,(H4,18,19,21,22). The van der Waals surface area contributed by atoms with Crippen LogP contribution in [0, 0.1) is 0 Å². The van der Waals surface area contributed by atoms with E-state index >= 15 is 0 Å². The van der Waals surface area contributed by atoms with Crippen LogP contribution in [0.25, 0.3) is 0 Å². The lowest BCUT2D eigenvalue weighted by Crippen LogP contribution is -2.24. The number of amides is 1. The summed E-state index contributed by atoms with van der Waals surface area (Å²) in [5.41, 5.74) is 11.7. The van der Waals surface area contributed by atoms with Gasteiger partial charge in [-0.25, -0.2) is 8.42 Å². The molecular formula is C16H17ClN4O3S. The molecule has 7 nitrogen and oxygen atoms in total. The Labute approximate surface area is 150 Å². The molecule has 0 saturated carbocycles. The minimum Gasteiger partial charge on any atom is -0.380 e. The third kappa shape index (κ3) is 5.20. The summed E-state index contributed by atoms with van der Waals surface area (Å²) in [4.78, 5) is 15.3. The molecule has 0 aliphatic carbocycles. The SMILES string of the molecule is CS(=O)(=O)c1cc(C(=O)N=C(N)N)ccc1NCc1ccc(Cl)cc1. The Morgan fingerprint density at radius 2 is 1.80 bits per heavy atom. The minimum absolute atomic E-state index is 0.0156. The van der Waals surface area contributed by atoms with E-state index in [0.717, 1.165) is 11.8 Å². The Kier molecular flexibility index (Phi) is 5.66. The summed E-state index contributed by atoms with van der Waals surface area (Å²) in [7, 11) is -3.58. The molecule has 0 aliphatic rings. The Bertz CT molecular complexity index is 921. The van der Waals surface area contributed by atoms with Gasteiger partial charge in [0.05, 0.1) is 10.6 Å². The Balaban J connectivity index is 2.32. The van der Waals surface area contributed by atoms with Gasteiger partial charge in [0.2, 0.25) is 0 Å². The first-order valence-corrected chi connectivity index (χ1v) is 9.40. The zero-order valence-corrected chi connectivity index (χ0v) is 14.9. The maximum absolute atomic E-state index is 12.1. The highest BCUT2D eigenvalue weighted by Gasteiger charge is 2.17. The van der Waals surface area contributed by atoms with Crippen molar-refractivity contribution in [2.75, 3.05) is 11.6 Å². The molecule has 5 N–H and O–H groups in total. The van der Waals surface area contributed by atoms with Crippen molar-refractivity contribution in [1.29, 1.82) is 0 Å². The van der Waals surface area contributed by atoms with Gasteiger partial charge in [-0.05, 0) is 35.9 Å². The highest BCUT2D eigenvalue weighted by Crippen LogP contribution is 2.24. The van der Waals surface area contributed by atoms with Crippen molar-refractivity contribution in [1.82, 2.24) is 0 Å². The zero-order chi connectivity index (χ0) is 18.6. The van der Waals surface area contributed by atoms with Crippen LogP contribution in [0.4, 0.5) is 5.69 Å². The molecule has 2 aromatic rings. The molecule has 25 heavy (non-hydrogen) atoms. The molecule has 9 heteroatoms. The van der Waals surface area contributed by atoms with Crippen molar-refractivity contribution in [3.63, 3.8) is 0 Å². The zero-order valence-electron chi connectivity index (χ0n) is 13.4. The van der Waals surface area contributed by atoms with Crippen molar-refractivity contribution >= 4 is 39.0 Å². The van der Waals surface area contributed by atoms with Crippen LogP contribution in [-0.4, -0.2) is 26.5 Å². The topological polar surface area (TPSA) is 128 Å². The third-order valence-electron chi connectivity index (χ3n) is 3.25. The quantitative estimate of drug-likeness (QED) is 0.535. The first-order valence-electron chi connectivity index (χ1n) is 7.13. The number of halogens is 1. The fraction of sp³-hybridized carbons (Fsp3) is 0.125. The maximum atomic E-state index is 12.1. The number of nitrogens with two attached hydrogens (primary N) is 2. The van der Waals surface area contributed by atoms with E-state index in [-0.39, 0.29) is 10.5 Å². The van der Waals surface area contributed by atoms with Crippen molar-refractivity contribution in [2.45, 2.75) is 11.4 Å². The van der Waals surface area contributed by atoms with E-state index in [4.69, 9.17) is 23.1 Å². The number of carbonyl (C=O) groups excluding carboxylic acids is 1. The van der Waals surface area contributed by atoms with Gasteiger partial charge >= 0.3 is 0 Å². The molecule has 0 bridgehead atoms. The van der Waals surface area contributed by atoms with Crippen LogP contribution in [0.3, 0.4) is 0 Å². The third-order valence-corrected chi connectivity index (χ3v) is 4.64. The van der Waals surface area contributed by atoms with Crippen LogP contribution < -0.4 is 16.8 Å². The smallest absolute Gasteiger partial charge is 0.280 e. The van der Waals surface area contributed by atoms with Crippen LogP contribution in [0.5, 0.6) is 0 Å². The summed E-state index contributed by atoms with van der Waals surface area (Å²) in [5, 5.41) is 3.66. The molecule has 0 atom stereocenters. The van der Waals surface area contributed by atoms with Gasteiger partial charge in [0.1, 0.15) is 0 Å². The summed E-state index contributed by atoms with van der Waals surface area (Å²) < 4.78 is 24.1. The van der Waals surface area contributed by atoms with Crippen molar-refractivity contribution < 1.29 is 13.2 Å². The molecular weight excluding hydrogens is 364 g/mol. The maximum Gasteiger partial charge on any atom is 0.280 e. The van der Waals surface area contributed by atoms with E-state index in [1.165, 1.54) is 18.2 Å². The second kappa shape index (κ2) is 7.54. The Morgan fingerprint density at radius 3 is 2.36 bits per heavy atom. The van der Waals surface area contributed by atoms with Gasteiger partial charge in [-0.15, -0.1) is 0 Å². The van der Waals surface area contributed by atoms with Gasteiger partial charge in [0.15, 0.2) is 15.8 Å². The first-order chi connectivity index (χ1) is 11.7. The molecule has 1 amide bonds. The lowest BCUT2D eigenvalue weighted by Gasteiger charge is -2.12. The van der Waals surface area contributed by atoms with Gasteiger partial charge in [0, 0.05) is 23.4 Å². The lowest BCUT2D eigenvalue weighted by atomic mass is 10.2. The van der Waals surface area contributed by atoms with Crippen molar-refractivity contribution in [2.24, 2.45) is 16.5 Å². The highest BCUT2D eigenvalue weighted by molar-refractivity contribution is 7.90. The number of hydrogen-bond donors (Lipinski definition) is 3. The van der Waals surface area contributed by atoms with E-state index in [2.05, 4.69) is 10.3 Å². The fourth-order valence-corrected chi connectivity index (χ4v) is 3.10. The summed E-state index contributed by atoms with van der Waals surface area (Å²) >= 11 is 5.84. The van der Waals surface area contributed by atoms with E-state index in [1.807, 2.05) is 12.1 Å². The van der Waals surface area contributed by atoms with E-state index in [0.29, 0.717) is 17.3 Å². The molecule has 0 fully saturated rings. The van der Waals surface area contributed by atoms with Crippen LogP contribution in [-0.2, 0) is 16.4 Å². The number of rotatable bonds is 5. The lowest BCUT2D eigenvalue weighted by molar-refractivity contribution is 0.100. The van der Waals surface area contributed by atoms with Gasteiger partial charge in [-0.3, -0.25) is 4.79 Å².